The van der Waals surface area contributed by atoms with Crippen LogP contribution in [0.2, 0.25) is 5.02 Å². The molecular formula is C19H19ClN4O. The monoisotopic (exact) mass is 354 g/mol. The number of benzene rings is 2. The van der Waals surface area contributed by atoms with Gasteiger partial charge in [-0.3, -0.25) is 4.57 Å². The van der Waals surface area contributed by atoms with Crippen LogP contribution in [0.3, 0.4) is 0 Å². The summed E-state index contributed by atoms with van der Waals surface area (Å²) in [6.07, 6.45) is 5.30. The van der Waals surface area contributed by atoms with Crippen molar-refractivity contribution < 1.29 is 4.74 Å². The number of hydrogen-bond acceptors (Lipinski definition) is 4. The Kier molecular flexibility index (Phi) is 5.36. The first-order chi connectivity index (χ1) is 12.1. The lowest BCUT2D eigenvalue weighted by atomic mass is 10.1. The molecule has 0 saturated carbocycles. The smallest absolute Gasteiger partial charge is 0.168 e. The molecule has 0 saturated heterocycles. The molecule has 0 aliphatic heterocycles. The van der Waals surface area contributed by atoms with E-state index in [9.17, 15) is 0 Å². The van der Waals surface area contributed by atoms with Gasteiger partial charge >= 0.3 is 0 Å². The fraction of sp³-hybridized carbons (Fsp3) is 0.158. The van der Waals surface area contributed by atoms with Crippen LogP contribution in [0.15, 0.2) is 72.4 Å². The molecule has 0 radical (unpaired) electrons. The molecule has 0 aliphatic rings. The van der Waals surface area contributed by atoms with Crippen LogP contribution in [-0.4, -0.2) is 34.5 Å². The summed E-state index contributed by atoms with van der Waals surface area (Å²) in [5, 5.41) is 7.06. The zero-order chi connectivity index (χ0) is 17.6. The average molecular weight is 355 g/mol. The lowest BCUT2D eigenvalue weighted by molar-refractivity contribution is 0.305. The molecule has 128 valence electrons. The van der Waals surface area contributed by atoms with Crippen molar-refractivity contribution >= 4 is 17.4 Å². The number of hydrazone groups is 1. The minimum Gasteiger partial charge on any atom is -0.488 e. The van der Waals surface area contributed by atoms with E-state index in [0.29, 0.717) is 11.6 Å². The molecule has 5 nitrogen and oxygen atoms in total. The van der Waals surface area contributed by atoms with E-state index in [1.54, 1.807) is 17.5 Å². The molecule has 3 rings (SSSR count). The Bertz CT molecular complexity index is 842. The molecule has 2 aromatic carbocycles. The second-order valence-electron chi connectivity index (χ2n) is 5.65. The molecule has 25 heavy (non-hydrogen) atoms. The molecule has 0 fully saturated rings. The van der Waals surface area contributed by atoms with E-state index in [1.165, 1.54) is 0 Å². The molecule has 0 spiro atoms. The maximum absolute atomic E-state index is 6.05. The molecule has 1 heterocycles. The van der Waals surface area contributed by atoms with Gasteiger partial charge in [-0.05, 0) is 29.8 Å². The summed E-state index contributed by atoms with van der Waals surface area (Å²) >= 11 is 5.93. The number of aromatic nitrogens is 2. The highest BCUT2D eigenvalue weighted by Gasteiger charge is 2.13. The van der Waals surface area contributed by atoms with Crippen molar-refractivity contribution in [1.82, 2.24) is 14.6 Å². The highest BCUT2D eigenvalue weighted by molar-refractivity contribution is 6.30. The van der Waals surface area contributed by atoms with Gasteiger partial charge in [-0.2, -0.15) is 5.10 Å². The summed E-state index contributed by atoms with van der Waals surface area (Å²) in [7, 11) is 3.77. The van der Waals surface area contributed by atoms with Crippen molar-refractivity contribution in [2.75, 3.05) is 14.1 Å². The third-order valence-electron chi connectivity index (χ3n) is 3.48. The van der Waals surface area contributed by atoms with Gasteiger partial charge in [0.05, 0.1) is 5.56 Å². The zero-order valence-electron chi connectivity index (χ0n) is 14.1. The van der Waals surface area contributed by atoms with E-state index in [1.807, 2.05) is 73.4 Å². The summed E-state index contributed by atoms with van der Waals surface area (Å²) in [6, 6.07) is 15.5. The quantitative estimate of drug-likeness (QED) is 0.396. The molecule has 0 amide bonds. The van der Waals surface area contributed by atoms with Gasteiger partial charge in [-0.25, -0.2) is 4.98 Å². The second-order valence-corrected chi connectivity index (χ2v) is 6.09. The van der Waals surface area contributed by atoms with Gasteiger partial charge in [-0.15, -0.1) is 0 Å². The molecule has 0 N–H and O–H groups in total. The first-order valence-corrected chi connectivity index (χ1v) is 8.22. The Labute approximate surface area is 152 Å². The first-order valence-electron chi connectivity index (χ1n) is 7.84. The van der Waals surface area contributed by atoms with Crippen molar-refractivity contribution in [3.63, 3.8) is 0 Å². The average Bonchev–Trinajstić information content (AvgIpc) is 3.14. The van der Waals surface area contributed by atoms with Crippen LogP contribution in [0.4, 0.5) is 0 Å². The second kappa shape index (κ2) is 7.85. The van der Waals surface area contributed by atoms with Crippen molar-refractivity contribution in [2.45, 2.75) is 6.61 Å². The molecule has 1 aromatic heterocycles. The number of hydrogen-bond donors (Lipinski definition) is 0. The maximum atomic E-state index is 6.05. The van der Waals surface area contributed by atoms with Gasteiger partial charge in [0.2, 0.25) is 0 Å². The minimum atomic E-state index is 0.452. The Morgan fingerprint density at radius 1 is 1.16 bits per heavy atom. The van der Waals surface area contributed by atoms with Crippen molar-refractivity contribution in [3.05, 3.63) is 83.4 Å². The maximum Gasteiger partial charge on any atom is 0.168 e. The van der Waals surface area contributed by atoms with Crippen LogP contribution in [-0.2, 0) is 6.61 Å². The Balaban J connectivity index is 1.90. The SMILES string of the molecule is CN(C)N=C(c1ccccc1OCc1ccc(Cl)cc1)n1ccnc1. The topological polar surface area (TPSA) is 42.6 Å². The lowest BCUT2D eigenvalue weighted by Crippen LogP contribution is -2.18. The van der Waals surface area contributed by atoms with Crippen LogP contribution in [0, 0.1) is 0 Å². The van der Waals surface area contributed by atoms with Gasteiger partial charge in [-0.1, -0.05) is 35.9 Å². The normalized spacial score (nSPS) is 11.4. The van der Waals surface area contributed by atoms with E-state index < -0.39 is 0 Å². The highest BCUT2D eigenvalue weighted by atomic mass is 35.5. The largest absolute Gasteiger partial charge is 0.488 e. The van der Waals surface area contributed by atoms with Crippen LogP contribution in [0.1, 0.15) is 11.1 Å². The third kappa shape index (κ3) is 4.39. The molecule has 3 aromatic rings. The summed E-state index contributed by atoms with van der Waals surface area (Å²) in [6.45, 7) is 0.452. The summed E-state index contributed by atoms with van der Waals surface area (Å²) < 4.78 is 7.91. The number of halogens is 1. The number of para-hydroxylation sites is 1. The van der Waals surface area contributed by atoms with Crippen LogP contribution < -0.4 is 4.74 Å². The molecule has 0 aliphatic carbocycles. The third-order valence-corrected chi connectivity index (χ3v) is 3.73. The summed E-state index contributed by atoms with van der Waals surface area (Å²) in [4.78, 5) is 4.12. The summed E-state index contributed by atoms with van der Waals surface area (Å²) in [5.74, 6) is 1.50. The predicted molar refractivity (Wildman–Crippen MR) is 100 cm³/mol. The predicted octanol–water partition coefficient (Wildman–Crippen LogP) is 3.89. The van der Waals surface area contributed by atoms with Crippen LogP contribution in [0.25, 0.3) is 0 Å². The fourth-order valence-electron chi connectivity index (χ4n) is 2.34. The van der Waals surface area contributed by atoms with Gasteiger partial charge in [0, 0.05) is 31.5 Å². The van der Waals surface area contributed by atoms with Gasteiger partial charge in [0.1, 0.15) is 18.7 Å². The Morgan fingerprint density at radius 2 is 1.92 bits per heavy atom. The standard InChI is InChI=1S/C19H19ClN4O/c1-23(2)22-19(24-12-11-21-14-24)17-5-3-4-6-18(17)25-13-15-7-9-16(20)10-8-15/h3-12,14H,13H2,1-2H3. The zero-order valence-corrected chi connectivity index (χ0v) is 14.9. The van der Waals surface area contributed by atoms with Crippen molar-refractivity contribution in [1.29, 1.82) is 0 Å². The minimum absolute atomic E-state index is 0.452. The van der Waals surface area contributed by atoms with E-state index in [4.69, 9.17) is 16.3 Å². The number of imidazole rings is 1. The van der Waals surface area contributed by atoms with Gasteiger partial charge in [0.15, 0.2) is 5.84 Å². The molecule has 0 atom stereocenters. The fourth-order valence-corrected chi connectivity index (χ4v) is 2.46. The Hall–Kier alpha value is -2.79. The van der Waals surface area contributed by atoms with Gasteiger partial charge in [0.25, 0.3) is 0 Å². The van der Waals surface area contributed by atoms with E-state index in [-0.39, 0.29) is 0 Å². The number of nitrogens with zero attached hydrogens (tertiary/aromatic N) is 4. The van der Waals surface area contributed by atoms with Crippen molar-refractivity contribution in [2.24, 2.45) is 5.10 Å². The molecular weight excluding hydrogens is 336 g/mol. The van der Waals surface area contributed by atoms with Crippen LogP contribution in [0.5, 0.6) is 5.75 Å². The van der Waals surface area contributed by atoms with E-state index >= 15 is 0 Å². The summed E-state index contributed by atoms with van der Waals surface area (Å²) in [5.41, 5.74) is 1.94. The molecule has 0 bridgehead atoms. The van der Waals surface area contributed by atoms with Crippen molar-refractivity contribution in [3.8, 4) is 5.75 Å². The van der Waals surface area contributed by atoms with Crippen LogP contribution >= 0.6 is 11.6 Å². The lowest BCUT2D eigenvalue weighted by Gasteiger charge is -2.16. The molecule has 6 heteroatoms. The Morgan fingerprint density at radius 3 is 2.60 bits per heavy atom. The molecule has 0 unspecified atom stereocenters. The number of ether oxygens (including phenoxy) is 1. The van der Waals surface area contributed by atoms with E-state index in [2.05, 4.69) is 10.1 Å². The number of rotatable bonds is 5. The first kappa shape index (κ1) is 17.0. The van der Waals surface area contributed by atoms with Gasteiger partial charge < -0.3 is 9.75 Å². The highest BCUT2D eigenvalue weighted by Crippen LogP contribution is 2.22. The van der Waals surface area contributed by atoms with E-state index in [0.717, 1.165) is 22.7 Å².